The lowest BCUT2D eigenvalue weighted by Gasteiger charge is -2.07. The quantitative estimate of drug-likeness (QED) is 0.512. The van der Waals surface area contributed by atoms with Crippen molar-refractivity contribution in [3.8, 4) is 5.75 Å². The molecule has 0 spiro atoms. The van der Waals surface area contributed by atoms with Crippen molar-refractivity contribution in [2.75, 3.05) is 6.54 Å². The molecule has 0 fully saturated rings. The number of benzene rings is 1. The molecule has 22 heavy (non-hydrogen) atoms. The molecule has 0 atom stereocenters. The van der Waals surface area contributed by atoms with E-state index in [9.17, 15) is 5.02 Å². The number of nitrogens with two attached hydrogens (primary N) is 1. The van der Waals surface area contributed by atoms with Crippen molar-refractivity contribution < 1.29 is 14.4 Å². The van der Waals surface area contributed by atoms with Crippen molar-refractivity contribution >= 4 is 12.6 Å². The van der Waals surface area contributed by atoms with Crippen molar-refractivity contribution in [1.82, 2.24) is 0 Å². The standard InChI is InChI=1S/C13H15BO3.C2H7N.C2H6/c1-3-5-11(4-2)17-12-6-7-13-10(8-12)9-16-14(13)15;1-2-3;1-2/h3-8,15H,9H2,1-2H3;2-3H2,1H3;1-2H3/b5-3-,11-4+;;. The lowest BCUT2D eigenvalue weighted by Crippen LogP contribution is -2.27. The molecule has 0 saturated heterocycles. The summed E-state index contributed by atoms with van der Waals surface area (Å²) >= 11 is 0. The second kappa shape index (κ2) is 12.0. The van der Waals surface area contributed by atoms with E-state index in [4.69, 9.17) is 15.1 Å². The van der Waals surface area contributed by atoms with E-state index < -0.39 is 7.12 Å². The Kier molecular flexibility index (Phi) is 11.2. The van der Waals surface area contributed by atoms with Crippen LogP contribution in [0.2, 0.25) is 0 Å². The van der Waals surface area contributed by atoms with Crippen LogP contribution in [0.15, 0.2) is 42.2 Å². The molecular formula is C17H28BNO3. The zero-order valence-corrected chi connectivity index (χ0v) is 14.3. The molecule has 0 unspecified atom stereocenters. The van der Waals surface area contributed by atoms with Gasteiger partial charge in [0.05, 0.1) is 6.61 Å². The van der Waals surface area contributed by atoms with Gasteiger partial charge >= 0.3 is 7.12 Å². The third-order valence-corrected chi connectivity index (χ3v) is 2.63. The number of allylic oxidation sites excluding steroid dienone is 3. The third kappa shape index (κ3) is 6.47. The van der Waals surface area contributed by atoms with E-state index in [1.54, 1.807) is 0 Å². The lowest BCUT2D eigenvalue weighted by atomic mass is 9.80. The highest BCUT2D eigenvalue weighted by molar-refractivity contribution is 6.61. The Bertz CT molecular complexity index is 487. The third-order valence-electron chi connectivity index (χ3n) is 2.63. The molecule has 2 rings (SSSR count). The topological polar surface area (TPSA) is 64.7 Å². The summed E-state index contributed by atoms with van der Waals surface area (Å²) < 4.78 is 10.8. The van der Waals surface area contributed by atoms with Crippen LogP contribution in [-0.2, 0) is 11.3 Å². The summed E-state index contributed by atoms with van der Waals surface area (Å²) in [4.78, 5) is 0. The van der Waals surface area contributed by atoms with Gasteiger partial charge in [-0.05, 0) is 55.7 Å². The van der Waals surface area contributed by atoms with Crippen LogP contribution < -0.4 is 15.9 Å². The van der Waals surface area contributed by atoms with Crippen LogP contribution in [-0.4, -0.2) is 18.7 Å². The molecule has 4 nitrogen and oxygen atoms in total. The number of hydrogen-bond acceptors (Lipinski definition) is 4. The minimum Gasteiger partial charge on any atom is -0.458 e. The number of hydrogen-bond donors (Lipinski definition) is 2. The molecular weight excluding hydrogens is 277 g/mol. The molecule has 1 aromatic carbocycles. The lowest BCUT2D eigenvalue weighted by molar-refractivity contribution is 0.275. The zero-order valence-electron chi connectivity index (χ0n) is 14.3. The first-order valence-corrected chi connectivity index (χ1v) is 7.75. The summed E-state index contributed by atoms with van der Waals surface area (Å²) in [5.41, 5.74) is 6.65. The average molecular weight is 305 g/mol. The summed E-state index contributed by atoms with van der Waals surface area (Å²) in [5.74, 6) is 1.56. The van der Waals surface area contributed by atoms with E-state index in [0.717, 1.165) is 29.1 Å². The fourth-order valence-electron chi connectivity index (χ4n) is 1.76. The highest BCUT2D eigenvalue weighted by Crippen LogP contribution is 2.19. The summed E-state index contributed by atoms with van der Waals surface area (Å²) in [5, 5.41) is 9.50. The first-order chi connectivity index (χ1) is 10.7. The average Bonchev–Trinajstić information content (AvgIpc) is 2.90. The van der Waals surface area contributed by atoms with Gasteiger partial charge in [-0.15, -0.1) is 0 Å². The second-order valence-electron chi connectivity index (χ2n) is 4.23. The van der Waals surface area contributed by atoms with Crippen LogP contribution in [0.4, 0.5) is 0 Å². The van der Waals surface area contributed by atoms with Crippen LogP contribution in [0.1, 0.15) is 40.2 Å². The van der Waals surface area contributed by atoms with Gasteiger partial charge in [0, 0.05) is 0 Å². The Labute approximate surface area is 134 Å². The van der Waals surface area contributed by atoms with Crippen molar-refractivity contribution in [2.45, 2.75) is 41.2 Å². The van der Waals surface area contributed by atoms with Gasteiger partial charge in [-0.25, -0.2) is 0 Å². The predicted octanol–water partition coefficient (Wildman–Crippen LogP) is 2.75. The second-order valence-corrected chi connectivity index (χ2v) is 4.23. The molecule has 1 aliphatic heterocycles. The molecule has 1 aliphatic rings. The number of fused-ring (bicyclic) bond motifs is 1. The van der Waals surface area contributed by atoms with Gasteiger partial charge in [0.25, 0.3) is 0 Å². The number of ether oxygens (including phenoxy) is 1. The molecule has 122 valence electrons. The Morgan fingerprint density at radius 1 is 1.41 bits per heavy atom. The Morgan fingerprint density at radius 3 is 2.59 bits per heavy atom. The molecule has 0 bridgehead atoms. The van der Waals surface area contributed by atoms with Crippen LogP contribution in [0.3, 0.4) is 0 Å². The molecule has 1 heterocycles. The van der Waals surface area contributed by atoms with E-state index in [2.05, 4.69) is 0 Å². The monoisotopic (exact) mass is 305 g/mol. The van der Waals surface area contributed by atoms with Crippen LogP contribution >= 0.6 is 0 Å². The van der Waals surface area contributed by atoms with E-state index in [0.29, 0.717) is 6.61 Å². The van der Waals surface area contributed by atoms with Crippen molar-refractivity contribution in [3.63, 3.8) is 0 Å². The minimum atomic E-state index is -0.796. The van der Waals surface area contributed by atoms with E-state index >= 15 is 0 Å². The number of rotatable bonds is 3. The molecule has 0 aliphatic carbocycles. The minimum absolute atomic E-state index is 0.433. The Hall–Kier alpha value is -1.56. The van der Waals surface area contributed by atoms with Gasteiger partial charge in [-0.1, -0.05) is 32.9 Å². The molecule has 1 aromatic rings. The van der Waals surface area contributed by atoms with Crippen molar-refractivity contribution in [1.29, 1.82) is 0 Å². The van der Waals surface area contributed by atoms with Crippen LogP contribution in [0.5, 0.6) is 5.75 Å². The Morgan fingerprint density at radius 2 is 2.05 bits per heavy atom. The largest absolute Gasteiger partial charge is 0.491 e. The highest BCUT2D eigenvalue weighted by Gasteiger charge is 2.27. The SMILES string of the molecule is C/C=C\C(=C/C)Oc1ccc2c(c1)COB2O.CC.CCN. The zero-order chi connectivity index (χ0) is 17.0. The van der Waals surface area contributed by atoms with E-state index in [1.807, 2.05) is 71.0 Å². The van der Waals surface area contributed by atoms with Gasteiger partial charge in [-0.2, -0.15) is 0 Å². The van der Waals surface area contributed by atoms with Crippen molar-refractivity contribution in [3.05, 3.63) is 47.7 Å². The summed E-state index contributed by atoms with van der Waals surface area (Å²) in [6.45, 7) is 11.0. The van der Waals surface area contributed by atoms with Crippen LogP contribution in [0.25, 0.3) is 0 Å². The molecule has 3 N–H and O–H groups in total. The van der Waals surface area contributed by atoms with Crippen molar-refractivity contribution in [2.24, 2.45) is 5.73 Å². The summed E-state index contributed by atoms with van der Waals surface area (Å²) in [6.07, 6.45) is 5.73. The smallest absolute Gasteiger partial charge is 0.458 e. The van der Waals surface area contributed by atoms with E-state index in [-0.39, 0.29) is 0 Å². The first kappa shape index (κ1) is 20.4. The maximum Gasteiger partial charge on any atom is 0.491 e. The summed E-state index contributed by atoms with van der Waals surface area (Å²) in [6, 6.07) is 5.58. The van der Waals surface area contributed by atoms with Gasteiger partial charge in [0.1, 0.15) is 11.5 Å². The first-order valence-electron chi connectivity index (χ1n) is 7.75. The maximum atomic E-state index is 9.50. The molecule has 0 amide bonds. The highest BCUT2D eigenvalue weighted by atomic mass is 16.5. The molecule has 0 aromatic heterocycles. The van der Waals surface area contributed by atoms with Crippen LogP contribution in [0, 0.1) is 0 Å². The maximum absolute atomic E-state index is 9.50. The van der Waals surface area contributed by atoms with Gasteiger partial charge < -0.3 is 20.1 Å². The predicted molar refractivity (Wildman–Crippen MR) is 94.1 cm³/mol. The van der Waals surface area contributed by atoms with E-state index in [1.165, 1.54) is 0 Å². The van der Waals surface area contributed by atoms with Gasteiger partial charge in [0.2, 0.25) is 0 Å². The molecule has 0 radical (unpaired) electrons. The van der Waals surface area contributed by atoms with Gasteiger partial charge in [0.15, 0.2) is 0 Å². The molecule has 5 heteroatoms. The Balaban J connectivity index is 0.000000789. The fourth-order valence-corrected chi connectivity index (χ4v) is 1.76. The normalized spacial score (nSPS) is 13.0. The fraction of sp³-hybridized carbons (Fsp3) is 0.412. The molecule has 0 saturated carbocycles. The van der Waals surface area contributed by atoms with Gasteiger partial charge in [-0.3, -0.25) is 0 Å². The summed E-state index contributed by atoms with van der Waals surface area (Å²) in [7, 11) is -0.796.